The second kappa shape index (κ2) is 5.45. The Morgan fingerprint density at radius 1 is 0.652 bits per heavy atom. The van der Waals surface area contributed by atoms with Crippen molar-refractivity contribution in [3.05, 3.63) is 54.1 Å². The van der Waals surface area contributed by atoms with Crippen LogP contribution in [0.4, 0.5) is 32.0 Å². The first-order chi connectivity index (χ1) is 10.5. The van der Waals surface area contributed by atoms with Crippen LogP contribution in [0, 0.1) is 0 Å². The molecule has 0 fully saturated rings. The van der Waals surface area contributed by atoms with Gasteiger partial charge in [0.15, 0.2) is 0 Å². The number of nitrogens with two attached hydrogens (primary N) is 1. The molecule has 124 valence electrons. The molecule has 8 heteroatoms. The zero-order valence-electron chi connectivity index (χ0n) is 11.4. The molecule has 0 aromatic heterocycles. The number of hydrogen-bond acceptors (Lipinski definition) is 2. The third-order valence-electron chi connectivity index (χ3n) is 3.37. The lowest BCUT2D eigenvalue weighted by Gasteiger charge is -2.32. The number of aliphatic hydroxyl groups is 1. The smallest absolute Gasteiger partial charge is 0.399 e. The lowest BCUT2D eigenvalue weighted by atomic mass is 9.90. The molecule has 3 N–H and O–H groups in total. The molecule has 2 rings (SSSR count). The molecule has 0 unspecified atom stereocenters. The molecular formula is C15H11F6NO. The van der Waals surface area contributed by atoms with E-state index in [4.69, 9.17) is 5.73 Å². The van der Waals surface area contributed by atoms with E-state index in [2.05, 4.69) is 0 Å². The zero-order chi connectivity index (χ0) is 17.5. The monoisotopic (exact) mass is 335 g/mol. The Labute approximate surface area is 127 Å². The highest BCUT2D eigenvalue weighted by atomic mass is 19.4. The first-order valence-corrected chi connectivity index (χ1v) is 6.29. The molecule has 0 amide bonds. The van der Waals surface area contributed by atoms with Crippen LogP contribution in [0.5, 0.6) is 0 Å². The molecule has 0 atom stereocenters. The minimum atomic E-state index is -5.89. The number of hydrogen-bond donors (Lipinski definition) is 2. The van der Waals surface area contributed by atoms with Crippen molar-refractivity contribution < 1.29 is 31.4 Å². The summed E-state index contributed by atoms with van der Waals surface area (Å²) in [6.45, 7) is 0. The number of anilines is 1. The quantitative estimate of drug-likeness (QED) is 0.637. The van der Waals surface area contributed by atoms with Gasteiger partial charge in [0, 0.05) is 11.3 Å². The van der Waals surface area contributed by atoms with Crippen molar-refractivity contribution in [2.45, 2.75) is 18.0 Å². The molecule has 0 aliphatic heterocycles. The van der Waals surface area contributed by atoms with Crippen LogP contribution in [0.15, 0.2) is 48.5 Å². The summed E-state index contributed by atoms with van der Waals surface area (Å²) in [5, 5.41) is 9.29. The Balaban J connectivity index is 2.47. The highest BCUT2D eigenvalue weighted by Gasteiger charge is 2.71. The van der Waals surface area contributed by atoms with Gasteiger partial charge in [0.05, 0.1) is 0 Å². The average Bonchev–Trinajstić information content (AvgIpc) is 2.45. The third kappa shape index (κ3) is 2.98. The topological polar surface area (TPSA) is 46.2 Å². The number of benzene rings is 2. The van der Waals surface area contributed by atoms with Crippen LogP contribution >= 0.6 is 0 Å². The van der Waals surface area contributed by atoms with Crippen molar-refractivity contribution in [2.75, 3.05) is 5.73 Å². The maximum atomic E-state index is 12.8. The van der Waals surface area contributed by atoms with Gasteiger partial charge in [-0.05, 0) is 23.3 Å². The van der Waals surface area contributed by atoms with Gasteiger partial charge >= 0.3 is 12.4 Å². The number of alkyl halides is 6. The van der Waals surface area contributed by atoms with Crippen LogP contribution in [0.1, 0.15) is 5.56 Å². The number of halogens is 6. The van der Waals surface area contributed by atoms with E-state index in [-0.39, 0.29) is 0 Å². The van der Waals surface area contributed by atoms with Gasteiger partial charge in [-0.15, -0.1) is 0 Å². The second-order valence-electron chi connectivity index (χ2n) is 4.91. The molecule has 0 heterocycles. The van der Waals surface area contributed by atoms with E-state index in [0.29, 0.717) is 28.9 Å². The first-order valence-electron chi connectivity index (χ1n) is 6.29. The van der Waals surface area contributed by atoms with E-state index < -0.39 is 23.5 Å². The fourth-order valence-corrected chi connectivity index (χ4v) is 2.07. The van der Waals surface area contributed by atoms with E-state index in [1.165, 1.54) is 0 Å². The third-order valence-corrected chi connectivity index (χ3v) is 3.37. The van der Waals surface area contributed by atoms with Gasteiger partial charge in [0.2, 0.25) is 0 Å². The standard InChI is InChI=1S/C15H11F6NO/c16-14(17,18)13(23,15(19,20)21)11-5-1-9(2-6-11)10-3-7-12(22)8-4-10/h1-8,23H,22H2. The van der Waals surface area contributed by atoms with Gasteiger partial charge in [-0.25, -0.2) is 0 Å². The lowest BCUT2D eigenvalue weighted by molar-refractivity contribution is -0.376. The number of rotatable bonds is 2. The molecule has 2 aromatic carbocycles. The highest BCUT2D eigenvalue weighted by molar-refractivity contribution is 5.65. The van der Waals surface area contributed by atoms with Crippen LogP contribution < -0.4 is 5.73 Å². The normalized spacial score (nSPS) is 13.2. The van der Waals surface area contributed by atoms with E-state index in [1.54, 1.807) is 24.3 Å². The molecule has 0 radical (unpaired) electrons. The van der Waals surface area contributed by atoms with E-state index in [0.717, 1.165) is 12.1 Å². The fourth-order valence-electron chi connectivity index (χ4n) is 2.07. The molecule has 2 aromatic rings. The summed E-state index contributed by atoms with van der Waals surface area (Å²) in [7, 11) is 0. The minimum Gasteiger partial charge on any atom is -0.399 e. The Kier molecular flexibility index (Phi) is 4.06. The zero-order valence-corrected chi connectivity index (χ0v) is 11.4. The Morgan fingerprint density at radius 3 is 1.35 bits per heavy atom. The molecular weight excluding hydrogens is 324 g/mol. The SMILES string of the molecule is Nc1ccc(-c2ccc(C(O)(C(F)(F)F)C(F)(F)F)cc2)cc1. The van der Waals surface area contributed by atoms with Gasteiger partial charge in [0.1, 0.15) is 0 Å². The summed E-state index contributed by atoms with van der Waals surface area (Å²) < 4.78 is 76.6. The Morgan fingerprint density at radius 2 is 1.00 bits per heavy atom. The molecule has 0 bridgehead atoms. The summed E-state index contributed by atoms with van der Waals surface area (Å²) in [6, 6.07) is 9.59. The van der Waals surface area contributed by atoms with E-state index in [9.17, 15) is 31.4 Å². The van der Waals surface area contributed by atoms with E-state index in [1.807, 2.05) is 0 Å². The maximum absolute atomic E-state index is 12.8. The first kappa shape index (κ1) is 17.1. The predicted octanol–water partition coefficient (Wildman–Crippen LogP) is 4.25. The van der Waals surface area contributed by atoms with Crippen molar-refractivity contribution in [2.24, 2.45) is 0 Å². The van der Waals surface area contributed by atoms with Crippen molar-refractivity contribution in [1.29, 1.82) is 0 Å². The summed E-state index contributed by atoms with van der Waals surface area (Å²) in [5.74, 6) is 0. The molecule has 0 aliphatic rings. The molecule has 0 saturated carbocycles. The highest BCUT2D eigenvalue weighted by Crippen LogP contribution is 2.50. The predicted molar refractivity (Wildman–Crippen MR) is 72.3 cm³/mol. The molecule has 0 saturated heterocycles. The lowest BCUT2D eigenvalue weighted by Crippen LogP contribution is -2.53. The summed E-state index contributed by atoms with van der Waals surface area (Å²) in [4.78, 5) is 0. The van der Waals surface area contributed by atoms with Gasteiger partial charge < -0.3 is 10.8 Å². The summed E-state index contributed by atoms with van der Waals surface area (Å²) in [5.41, 5.74) is 0.706. The number of nitrogen functional groups attached to an aromatic ring is 1. The van der Waals surface area contributed by atoms with Crippen LogP contribution in [0.3, 0.4) is 0 Å². The molecule has 0 aliphatic carbocycles. The fraction of sp³-hybridized carbons (Fsp3) is 0.200. The van der Waals surface area contributed by atoms with Gasteiger partial charge in [-0.2, -0.15) is 26.3 Å². The van der Waals surface area contributed by atoms with Gasteiger partial charge in [-0.1, -0.05) is 36.4 Å². The summed E-state index contributed by atoms with van der Waals surface area (Å²) >= 11 is 0. The van der Waals surface area contributed by atoms with Crippen molar-refractivity contribution >= 4 is 5.69 Å². The Bertz CT molecular complexity index is 659. The minimum absolute atomic E-state index is 0.389. The van der Waals surface area contributed by atoms with Crippen molar-refractivity contribution in [1.82, 2.24) is 0 Å². The van der Waals surface area contributed by atoms with Gasteiger partial charge in [0.25, 0.3) is 5.60 Å². The molecule has 2 nitrogen and oxygen atoms in total. The van der Waals surface area contributed by atoms with E-state index >= 15 is 0 Å². The second-order valence-corrected chi connectivity index (χ2v) is 4.91. The Hall–Kier alpha value is -2.22. The average molecular weight is 335 g/mol. The maximum Gasteiger partial charge on any atom is 0.430 e. The largest absolute Gasteiger partial charge is 0.430 e. The summed E-state index contributed by atoms with van der Waals surface area (Å²) in [6.07, 6.45) is -11.8. The van der Waals surface area contributed by atoms with Crippen molar-refractivity contribution in [3.63, 3.8) is 0 Å². The van der Waals surface area contributed by atoms with Crippen LogP contribution in [-0.4, -0.2) is 17.5 Å². The van der Waals surface area contributed by atoms with Gasteiger partial charge in [-0.3, -0.25) is 0 Å². The van der Waals surface area contributed by atoms with Crippen LogP contribution in [0.2, 0.25) is 0 Å². The van der Waals surface area contributed by atoms with Crippen LogP contribution in [-0.2, 0) is 5.60 Å². The van der Waals surface area contributed by atoms with Crippen molar-refractivity contribution in [3.8, 4) is 11.1 Å². The van der Waals surface area contributed by atoms with Crippen LogP contribution in [0.25, 0.3) is 11.1 Å². The molecule has 0 spiro atoms. The molecule has 23 heavy (non-hydrogen) atoms.